The quantitative estimate of drug-likeness (QED) is 0.865. The second kappa shape index (κ2) is 6.04. The van der Waals surface area contributed by atoms with Gasteiger partial charge in [0.1, 0.15) is 24.1 Å². The van der Waals surface area contributed by atoms with E-state index in [1.54, 1.807) is 0 Å². The summed E-state index contributed by atoms with van der Waals surface area (Å²) in [5, 5.41) is 8.65. The number of benzene rings is 1. The first-order valence-electron chi connectivity index (χ1n) is 6.08. The molecule has 0 saturated carbocycles. The highest BCUT2D eigenvalue weighted by Crippen LogP contribution is 2.22. The zero-order chi connectivity index (χ0) is 13.7. The van der Waals surface area contributed by atoms with E-state index in [9.17, 15) is 4.79 Å². The molecule has 0 atom stereocenters. The summed E-state index contributed by atoms with van der Waals surface area (Å²) >= 11 is 0. The Balaban J connectivity index is 2.09. The first-order chi connectivity index (χ1) is 9.19. The molecule has 2 rings (SSSR count). The third-order valence-electron chi connectivity index (χ3n) is 2.48. The monoisotopic (exact) mass is 261 g/mol. The molecule has 2 aromatic rings. The fraction of sp³-hybridized carbons (Fsp3) is 0.286. The molecule has 1 aromatic carbocycles. The largest absolute Gasteiger partial charge is 0.494 e. The van der Waals surface area contributed by atoms with Crippen LogP contribution in [-0.4, -0.2) is 22.7 Å². The maximum absolute atomic E-state index is 10.5. The van der Waals surface area contributed by atoms with E-state index in [1.165, 1.54) is 6.26 Å². The van der Waals surface area contributed by atoms with Crippen molar-refractivity contribution in [1.29, 1.82) is 0 Å². The number of nitrogens with zero attached hydrogens (tertiary/aromatic N) is 1. The molecular weight excluding hydrogens is 246 g/mol. The minimum absolute atomic E-state index is 0.203. The minimum atomic E-state index is -0.961. The van der Waals surface area contributed by atoms with Gasteiger partial charge in [0.15, 0.2) is 0 Å². The number of carboxylic acid groups (broad SMARTS) is 1. The Morgan fingerprint density at radius 2 is 2.11 bits per heavy atom. The molecule has 0 amide bonds. The Kier molecular flexibility index (Phi) is 4.18. The predicted molar refractivity (Wildman–Crippen MR) is 69.1 cm³/mol. The molecule has 0 radical (unpaired) electrons. The van der Waals surface area contributed by atoms with E-state index < -0.39 is 5.97 Å². The van der Waals surface area contributed by atoms with Crippen molar-refractivity contribution in [2.45, 2.75) is 19.8 Å². The van der Waals surface area contributed by atoms with E-state index in [4.69, 9.17) is 14.3 Å². The van der Waals surface area contributed by atoms with Crippen LogP contribution in [0.3, 0.4) is 0 Å². The second-order valence-corrected chi connectivity index (χ2v) is 4.07. The van der Waals surface area contributed by atoms with Crippen molar-refractivity contribution < 1.29 is 19.1 Å². The predicted octanol–water partition coefficient (Wildman–Crippen LogP) is 2.76. The van der Waals surface area contributed by atoms with Crippen LogP contribution in [0.1, 0.15) is 19.2 Å². The van der Waals surface area contributed by atoms with Gasteiger partial charge in [-0.15, -0.1) is 0 Å². The summed E-state index contributed by atoms with van der Waals surface area (Å²) in [5.74, 6) is 0.0466. The summed E-state index contributed by atoms with van der Waals surface area (Å²) in [7, 11) is 0. The first-order valence-corrected chi connectivity index (χ1v) is 6.08. The zero-order valence-corrected chi connectivity index (χ0v) is 10.6. The molecule has 1 aromatic heterocycles. The van der Waals surface area contributed by atoms with Gasteiger partial charge in [-0.05, 0) is 30.7 Å². The van der Waals surface area contributed by atoms with Crippen molar-refractivity contribution in [1.82, 2.24) is 4.98 Å². The van der Waals surface area contributed by atoms with Crippen LogP contribution in [0.15, 0.2) is 34.9 Å². The van der Waals surface area contributed by atoms with Crippen LogP contribution in [0, 0.1) is 0 Å². The minimum Gasteiger partial charge on any atom is -0.494 e. The van der Waals surface area contributed by atoms with Gasteiger partial charge in [0.2, 0.25) is 5.89 Å². The Labute approximate surface area is 110 Å². The van der Waals surface area contributed by atoms with Gasteiger partial charge in [-0.1, -0.05) is 6.92 Å². The van der Waals surface area contributed by atoms with E-state index in [0.29, 0.717) is 12.3 Å². The highest BCUT2D eigenvalue weighted by molar-refractivity contribution is 5.69. The molecule has 0 bridgehead atoms. The van der Waals surface area contributed by atoms with Crippen molar-refractivity contribution in [3.05, 3.63) is 36.4 Å². The molecule has 0 fully saturated rings. The molecule has 0 aliphatic rings. The standard InChI is InChI=1S/C14H15NO4/c1-2-7-18-11-5-3-10(4-6-11)12-9-19-13(15-12)8-14(16)17/h3-6,9H,2,7-8H2,1H3,(H,16,17). The summed E-state index contributed by atoms with van der Waals surface area (Å²) in [6.45, 7) is 2.74. The Hall–Kier alpha value is -2.30. The van der Waals surface area contributed by atoms with Crippen molar-refractivity contribution in [2.24, 2.45) is 0 Å². The number of carboxylic acids is 1. The van der Waals surface area contributed by atoms with Gasteiger partial charge in [0.25, 0.3) is 0 Å². The molecular formula is C14H15NO4. The van der Waals surface area contributed by atoms with Crippen LogP contribution in [0.25, 0.3) is 11.3 Å². The van der Waals surface area contributed by atoms with Crippen LogP contribution >= 0.6 is 0 Å². The van der Waals surface area contributed by atoms with E-state index in [0.717, 1.165) is 17.7 Å². The average molecular weight is 261 g/mol. The van der Waals surface area contributed by atoms with Crippen LogP contribution < -0.4 is 4.74 Å². The number of hydrogen-bond donors (Lipinski definition) is 1. The lowest BCUT2D eigenvalue weighted by molar-refractivity contribution is -0.136. The van der Waals surface area contributed by atoms with Crippen LogP contribution in [0.5, 0.6) is 5.75 Å². The smallest absolute Gasteiger partial charge is 0.312 e. The van der Waals surface area contributed by atoms with Crippen molar-refractivity contribution in [3.8, 4) is 17.0 Å². The lowest BCUT2D eigenvalue weighted by atomic mass is 10.2. The van der Waals surface area contributed by atoms with Gasteiger partial charge in [-0.2, -0.15) is 0 Å². The van der Waals surface area contributed by atoms with E-state index >= 15 is 0 Å². The maximum Gasteiger partial charge on any atom is 0.312 e. The molecule has 1 N–H and O–H groups in total. The number of rotatable bonds is 6. The Morgan fingerprint density at radius 1 is 1.37 bits per heavy atom. The number of aliphatic carboxylic acids is 1. The van der Waals surface area contributed by atoms with Gasteiger partial charge in [0, 0.05) is 5.56 Å². The van der Waals surface area contributed by atoms with Crippen LogP contribution in [0.2, 0.25) is 0 Å². The third-order valence-corrected chi connectivity index (χ3v) is 2.48. The Bertz CT molecular complexity index is 545. The number of aromatic nitrogens is 1. The molecule has 19 heavy (non-hydrogen) atoms. The average Bonchev–Trinajstić information content (AvgIpc) is 2.84. The number of ether oxygens (including phenoxy) is 1. The van der Waals surface area contributed by atoms with Gasteiger partial charge in [0.05, 0.1) is 6.61 Å². The molecule has 100 valence electrons. The topological polar surface area (TPSA) is 72.6 Å². The zero-order valence-electron chi connectivity index (χ0n) is 10.6. The third kappa shape index (κ3) is 3.58. The van der Waals surface area contributed by atoms with Crippen molar-refractivity contribution in [2.75, 3.05) is 6.61 Å². The van der Waals surface area contributed by atoms with E-state index in [2.05, 4.69) is 4.98 Å². The highest BCUT2D eigenvalue weighted by atomic mass is 16.5. The maximum atomic E-state index is 10.5. The molecule has 5 heteroatoms. The molecule has 0 unspecified atom stereocenters. The highest BCUT2D eigenvalue weighted by Gasteiger charge is 2.09. The molecule has 1 heterocycles. The normalized spacial score (nSPS) is 10.4. The molecule has 0 saturated heterocycles. The van der Waals surface area contributed by atoms with Crippen molar-refractivity contribution >= 4 is 5.97 Å². The molecule has 0 aliphatic heterocycles. The first kappa shape index (κ1) is 13.1. The molecule has 0 spiro atoms. The van der Waals surface area contributed by atoms with Gasteiger partial charge < -0.3 is 14.3 Å². The lowest BCUT2D eigenvalue weighted by Crippen LogP contribution is -1.99. The summed E-state index contributed by atoms with van der Waals surface area (Å²) in [6, 6.07) is 7.45. The Morgan fingerprint density at radius 3 is 2.74 bits per heavy atom. The summed E-state index contributed by atoms with van der Waals surface area (Å²) in [4.78, 5) is 14.7. The van der Waals surface area contributed by atoms with E-state index in [-0.39, 0.29) is 12.3 Å². The van der Waals surface area contributed by atoms with E-state index in [1.807, 2.05) is 31.2 Å². The van der Waals surface area contributed by atoms with Crippen LogP contribution in [0.4, 0.5) is 0 Å². The molecule has 5 nitrogen and oxygen atoms in total. The number of hydrogen-bond acceptors (Lipinski definition) is 4. The number of oxazole rings is 1. The lowest BCUT2D eigenvalue weighted by Gasteiger charge is -2.04. The fourth-order valence-corrected chi connectivity index (χ4v) is 1.60. The second-order valence-electron chi connectivity index (χ2n) is 4.07. The van der Waals surface area contributed by atoms with Gasteiger partial charge in [-0.25, -0.2) is 4.98 Å². The van der Waals surface area contributed by atoms with Crippen molar-refractivity contribution in [3.63, 3.8) is 0 Å². The summed E-state index contributed by atoms with van der Waals surface area (Å²) < 4.78 is 10.6. The summed E-state index contributed by atoms with van der Waals surface area (Å²) in [6.07, 6.45) is 2.21. The van der Waals surface area contributed by atoms with Crippen LogP contribution in [-0.2, 0) is 11.2 Å². The molecule has 0 aliphatic carbocycles. The number of carbonyl (C=O) groups is 1. The SMILES string of the molecule is CCCOc1ccc(-c2coc(CC(=O)O)n2)cc1. The van der Waals surface area contributed by atoms with Gasteiger partial charge >= 0.3 is 5.97 Å². The summed E-state index contributed by atoms with van der Waals surface area (Å²) in [5.41, 5.74) is 1.49. The fourth-order valence-electron chi connectivity index (χ4n) is 1.60. The van der Waals surface area contributed by atoms with Gasteiger partial charge in [-0.3, -0.25) is 4.79 Å².